The van der Waals surface area contributed by atoms with Crippen LogP contribution in [0.15, 0.2) is 30.3 Å². The Morgan fingerprint density at radius 1 is 1.26 bits per heavy atom. The first-order chi connectivity index (χ1) is 8.98. The van der Waals surface area contributed by atoms with Crippen molar-refractivity contribution in [2.45, 2.75) is 32.2 Å². The molecule has 0 saturated carbocycles. The van der Waals surface area contributed by atoms with Crippen molar-refractivity contribution < 1.29 is 17.9 Å². The summed E-state index contributed by atoms with van der Waals surface area (Å²) in [5, 5.41) is 3.36. The fourth-order valence-electron chi connectivity index (χ4n) is 2.16. The summed E-state index contributed by atoms with van der Waals surface area (Å²) in [6.07, 6.45) is -0.628. The van der Waals surface area contributed by atoms with Gasteiger partial charge >= 0.3 is 6.36 Å². The maximum Gasteiger partial charge on any atom is 0.573 e. The molecule has 1 aromatic carbocycles. The third-order valence-corrected chi connectivity index (χ3v) is 3.17. The fourth-order valence-corrected chi connectivity index (χ4v) is 2.16. The van der Waals surface area contributed by atoms with Crippen molar-refractivity contribution in [3.63, 3.8) is 0 Å². The quantitative estimate of drug-likeness (QED) is 0.904. The number of hydrogen-bond acceptors (Lipinski definition) is 2. The van der Waals surface area contributed by atoms with Crippen molar-refractivity contribution >= 4 is 5.57 Å². The third kappa shape index (κ3) is 3.99. The lowest BCUT2D eigenvalue weighted by molar-refractivity contribution is -0.274. The topological polar surface area (TPSA) is 21.3 Å². The van der Waals surface area contributed by atoms with Gasteiger partial charge in [0.25, 0.3) is 0 Å². The van der Waals surface area contributed by atoms with Crippen LogP contribution in [0, 0.1) is 0 Å². The zero-order chi connectivity index (χ0) is 13.9. The van der Waals surface area contributed by atoms with Crippen LogP contribution in [0.5, 0.6) is 5.75 Å². The highest BCUT2D eigenvalue weighted by Crippen LogP contribution is 2.27. The summed E-state index contributed by atoms with van der Waals surface area (Å²) >= 11 is 0. The molecule has 0 spiro atoms. The Hall–Kier alpha value is -1.49. The Kier molecular flexibility index (Phi) is 4.14. The lowest BCUT2D eigenvalue weighted by Gasteiger charge is -2.23. The van der Waals surface area contributed by atoms with Gasteiger partial charge in [-0.3, -0.25) is 0 Å². The number of benzene rings is 1. The number of ether oxygens (including phenoxy) is 1. The molecule has 1 heterocycles. The molecule has 0 radical (unpaired) electrons. The monoisotopic (exact) mass is 271 g/mol. The summed E-state index contributed by atoms with van der Waals surface area (Å²) in [7, 11) is 0. The highest BCUT2D eigenvalue weighted by Gasteiger charge is 2.31. The highest BCUT2D eigenvalue weighted by atomic mass is 19.4. The summed E-state index contributed by atoms with van der Waals surface area (Å²) in [4.78, 5) is 0. The Bertz CT molecular complexity index is 451. The first-order valence-electron chi connectivity index (χ1n) is 6.26. The van der Waals surface area contributed by atoms with E-state index in [9.17, 15) is 13.2 Å². The molecular formula is C14H16F3NO. The maximum atomic E-state index is 12.1. The average molecular weight is 271 g/mol. The zero-order valence-corrected chi connectivity index (χ0v) is 10.6. The predicted octanol–water partition coefficient (Wildman–Crippen LogP) is 3.74. The predicted molar refractivity (Wildman–Crippen MR) is 67.8 cm³/mol. The summed E-state index contributed by atoms with van der Waals surface area (Å²) in [6, 6.07) is 6.49. The number of halogens is 3. The van der Waals surface area contributed by atoms with Crippen LogP contribution in [0.4, 0.5) is 13.2 Å². The van der Waals surface area contributed by atoms with Gasteiger partial charge in [-0.15, -0.1) is 13.2 Å². The van der Waals surface area contributed by atoms with Crippen LogP contribution in [0.3, 0.4) is 0 Å². The molecule has 104 valence electrons. The smallest absolute Gasteiger partial charge is 0.406 e. The van der Waals surface area contributed by atoms with Crippen LogP contribution in [0.1, 0.15) is 25.3 Å². The second-order valence-electron chi connectivity index (χ2n) is 4.52. The molecule has 0 aliphatic carbocycles. The van der Waals surface area contributed by atoms with Crippen LogP contribution < -0.4 is 10.1 Å². The van der Waals surface area contributed by atoms with E-state index >= 15 is 0 Å². The molecule has 0 amide bonds. The molecule has 0 aromatic heterocycles. The largest absolute Gasteiger partial charge is 0.573 e. The minimum absolute atomic E-state index is 0.183. The maximum absolute atomic E-state index is 12.1. The first-order valence-corrected chi connectivity index (χ1v) is 6.26. The van der Waals surface area contributed by atoms with E-state index in [4.69, 9.17) is 0 Å². The molecule has 0 saturated heterocycles. The van der Waals surface area contributed by atoms with E-state index in [1.807, 2.05) is 0 Å². The van der Waals surface area contributed by atoms with E-state index in [1.54, 1.807) is 12.1 Å². The van der Waals surface area contributed by atoms with Crippen molar-refractivity contribution in [3.8, 4) is 5.75 Å². The lowest BCUT2D eigenvalue weighted by Crippen LogP contribution is -2.32. The van der Waals surface area contributed by atoms with Gasteiger partial charge in [0.1, 0.15) is 5.75 Å². The molecule has 1 aromatic rings. The second kappa shape index (κ2) is 5.65. The van der Waals surface area contributed by atoms with Gasteiger partial charge in [-0.25, -0.2) is 0 Å². The van der Waals surface area contributed by atoms with E-state index in [1.165, 1.54) is 17.7 Å². The van der Waals surface area contributed by atoms with Gasteiger partial charge in [0.2, 0.25) is 0 Å². The van der Waals surface area contributed by atoms with Crippen LogP contribution in [-0.4, -0.2) is 18.9 Å². The normalized spacial score (nSPS) is 20.0. The average Bonchev–Trinajstić information content (AvgIpc) is 2.38. The molecule has 5 heteroatoms. The number of alkyl halides is 3. The first kappa shape index (κ1) is 13.9. The molecule has 2 nitrogen and oxygen atoms in total. The van der Waals surface area contributed by atoms with Gasteiger partial charge < -0.3 is 10.1 Å². The molecule has 1 atom stereocenters. The van der Waals surface area contributed by atoms with Crippen LogP contribution in [0.25, 0.3) is 5.57 Å². The molecule has 0 bridgehead atoms. The van der Waals surface area contributed by atoms with Gasteiger partial charge in [-0.05, 0) is 36.1 Å². The van der Waals surface area contributed by atoms with Crippen LogP contribution in [-0.2, 0) is 0 Å². The van der Waals surface area contributed by atoms with Crippen molar-refractivity contribution in [1.29, 1.82) is 0 Å². The summed E-state index contributed by atoms with van der Waals surface area (Å²) < 4.78 is 40.0. The Morgan fingerprint density at radius 2 is 1.95 bits per heavy atom. The van der Waals surface area contributed by atoms with Crippen molar-refractivity contribution in [3.05, 3.63) is 35.9 Å². The molecule has 1 aliphatic rings. The van der Waals surface area contributed by atoms with E-state index in [-0.39, 0.29) is 5.75 Å². The van der Waals surface area contributed by atoms with E-state index in [2.05, 4.69) is 23.1 Å². The summed E-state index contributed by atoms with van der Waals surface area (Å²) in [6.45, 7) is 2.91. The van der Waals surface area contributed by atoms with Gasteiger partial charge in [-0.2, -0.15) is 0 Å². The Labute approximate surface area is 110 Å². The third-order valence-electron chi connectivity index (χ3n) is 3.17. The minimum Gasteiger partial charge on any atom is -0.406 e. The zero-order valence-electron chi connectivity index (χ0n) is 10.6. The summed E-state index contributed by atoms with van der Waals surface area (Å²) in [5.41, 5.74) is 2.12. The van der Waals surface area contributed by atoms with Crippen molar-refractivity contribution in [2.24, 2.45) is 0 Å². The van der Waals surface area contributed by atoms with E-state index in [0.717, 1.165) is 24.9 Å². The molecule has 19 heavy (non-hydrogen) atoms. The molecule has 2 rings (SSSR count). The second-order valence-corrected chi connectivity index (χ2v) is 4.52. The van der Waals surface area contributed by atoms with Gasteiger partial charge in [0.15, 0.2) is 0 Å². The van der Waals surface area contributed by atoms with Gasteiger partial charge in [0, 0.05) is 12.6 Å². The van der Waals surface area contributed by atoms with Gasteiger partial charge in [-0.1, -0.05) is 25.1 Å². The molecule has 1 N–H and O–H groups in total. The van der Waals surface area contributed by atoms with Crippen LogP contribution in [0.2, 0.25) is 0 Å². The highest BCUT2D eigenvalue weighted by molar-refractivity contribution is 5.67. The number of nitrogens with one attached hydrogen (secondary N) is 1. The van der Waals surface area contributed by atoms with E-state index in [0.29, 0.717) is 6.04 Å². The van der Waals surface area contributed by atoms with Crippen LogP contribution >= 0.6 is 0 Å². The summed E-state index contributed by atoms with van der Waals surface area (Å²) in [5.74, 6) is -0.183. The molecule has 0 fully saturated rings. The fraction of sp³-hybridized carbons (Fsp3) is 0.429. The SMILES string of the molecule is CCC1CC(c2ccc(OC(F)(F)F)cc2)=CCN1. The number of hydrogen-bond donors (Lipinski definition) is 1. The molecule has 1 unspecified atom stereocenters. The Morgan fingerprint density at radius 3 is 2.53 bits per heavy atom. The molecule has 1 aliphatic heterocycles. The lowest BCUT2D eigenvalue weighted by atomic mass is 9.94. The van der Waals surface area contributed by atoms with Crippen molar-refractivity contribution in [1.82, 2.24) is 5.32 Å². The minimum atomic E-state index is -4.64. The van der Waals surface area contributed by atoms with Crippen molar-refractivity contribution in [2.75, 3.05) is 6.54 Å². The standard InChI is InChI=1S/C14H16F3NO/c1-2-12-9-11(7-8-18-12)10-3-5-13(6-4-10)19-14(15,16)17/h3-7,12,18H,2,8-9H2,1H3. The number of rotatable bonds is 3. The Balaban J connectivity index is 2.08. The van der Waals surface area contributed by atoms with E-state index < -0.39 is 6.36 Å². The molecular weight excluding hydrogens is 255 g/mol. The van der Waals surface area contributed by atoms with Gasteiger partial charge in [0.05, 0.1) is 0 Å².